The second-order valence-electron chi connectivity index (χ2n) is 4.44. The Balaban J connectivity index is 1.85. The fourth-order valence-electron chi connectivity index (χ4n) is 2.79. The summed E-state index contributed by atoms with van der Waals surface area (Å²) in [6.45, 7) is 0. The van der Waals surface area contributed by atoms with E-state index in [2.05, 4.69) is 5.32 Å². The lowest BCUT2D eigenvalue weighted by atomic mass is 9.91. The summed E-state index contributed by atoms with van der Waals surface area (Å²) in [7, 11) is 0. The third-order valence-electron chi connectivity index (χ3n) is 3.56. The number of carbonyl (C=O) groups excluding carboxylic acids is 1. The fourth-order valence-corrected chi connectivity index (χ4v) is 2.79. The normalized spacial score (nSPS) is 33.1. The molecule has 1 N–H and O–H groups in total. The molecule has 1 aromatic carbocycles. The van der Waals surface area contributed by atoms with Gasteiger partial charge >= 0.3 is 0 Å². The molecular formula is C12H12FNO. The first-order chi connectivity index (χ1) is 7.24. The first-order valence-electron chi connectivity index (χ1n) is 5.30. The van der Waals surface area contributed by atoms with Crippen LogP contribution < -0.4 is 5.32 Å². The third kappa shape index (κ3) is 1.34. The second kappa shape index (κ2) is 3.05. The minimum atomic E-state index is -0.203. The van der Waals surface area contributed by atoms with E-state index in [-0.39, 0.29) is 23.7 Å². The Kier molecular flexibility index (Phi) is 1.81. The molecule has 2 bridgehead atoms. The van der Waals surface area contributed by atoms with Gasteiger partial charge in [-0.25, -0.2) is 4.39 Å². The highest BCUT2D eigenvalue weighted by Gasteiger charge is 2.45. The SMILES string of the molecule is O=C1N[C@H]2C[C@@H]1C[C@@H]2c1ccc(F)cc1. The quantitative estimate of drug-likeness (QED) is 0.744. The van der Waals surface area contributed by atoms with Gasteiger partial charge in [-0.2, -0.15) is 0 Å². The number of hydrogen-bond donors (Lipinski definition) is 1. The van der Waals surface area contributed by atoms with Crippen molar-refractivity contribution in [1.29, 1.82) is 0 Å². The molecule has 1 saturated carbocycles. The summed E-state index contributed by atoms with van der Waals surface area (Å²) >= 11 is 0. The molecule has 1 aliphatic carbocycles. The molecule has 1 aromatic rings. The third-order valence-corrected chi connectivity index (χ3v) is 3.56. The molecule has 78 valence electrons. The van der Waals surface area contributed by atoms with Crippen LogP contribution in [0.4, 0.5) is 4.39 Å². The van der Waals surface area contributed by atoms with Crippen molar-refractivity contribution in [2.45, 2.75) is 24.8 Å². The predicted octanol–water partition coefficient (Wildman–Crippen LogP) is 1.82. The van der Waals surface area contributed by atoms with Gasteiger partial charge in [0.2, 0.25) is 5.91 Å². The maximum Gasteiger partial charge on any atom is 0.223 e. The lowest BCUT2D eigenvalue weighted by molar-refractivity contribution is -0.123. The molecule has 1 amide bonds. The molecule has 2 fully saturated rings. The molecule has 3 atom stereocenters. The number of hydrogen-bond acceptors (Lipinski definition) is 1. The zero-order valence-electron chi connectivity index (χ0n) is 8.24. The van der Waals surface area contributed by atoms with Gasteiger partial charge in [-0.05, 0) is 30.5 Å². The smallest absolute Gasteiger partial charge is 0.223 e. The molecule has 1 aliphatic heterocycles. The van der Waals surface area contributed by atoms with Gasteiger partial charge in [0.15, 0.2) is 0 Å². The van der Waals surface area contributed by atoms with E-state index in [0.29, 0.717) is 5.92 Å². The number of fused-ring (bicyclic) bond motifs is 2. The molecule has 2 nitrogen and oxygen atoms in total. The van der Waals surface area contributed by atoms with E-state index < -0.39 is 0 Å². The van der Waals surface area contributed by atoms with Crippen molar-refractivity contribution in [2.75, 3.05) is 0 Å². The standard InChI is InChI=1S/C12H12FNO/c13-9-3-1-7(2-4-9)10-5-8-6-11(10)14-12(8)15/h1-4,8,10-11H,5-6H2,(H,14,15)/t8-,10+,11-/m0/s1. The minimum absolute atomic E-state index is 0.185. The summed E-state index contributed by atoms with van der Waals surface area (Å²) in [5, 5.41) is 2.98. The molecule has 1 saturated heterocycles. The van der Waals surface area contributed by atoms with Crippen LogP contribution in [0.2, 0.25) is 0 Å². The number of amides is 1. The first kappa shape index (κ1) is 8.89. The van der Waals surface area contributed by atoms with Crippen LogP contribution >= 0.6 is 0 Å². The number of halogens is 1. The number of rotatable bonds is 1. The number of nitrogens with one attached hydrogen (secondary N) is 1. The maximum atomic E-state index is 12.8. The summed E-state index contributed by atoms with van der Waals surface area (Å²) in [5.74, 6) is 0.558. The van der Waals surface area contributed by atoms with Gasteiger partial charge in [0.1, 0.15) is 5.82 Å². The van der Waals surface area contributed by atoms with Gasteiger partial charge in [0, 0.05) is 17.9 Å². The highest BCUT2D eigenvalue weighted by molar-refractivity contribution is 5.83. The van der Waals surface area contributed by atoms with Crippen LogP contribution in [0, 0.1) is 11.7 Å². The average Bonchev–Trinajstić information content (AvgIpc) is 2.77. The van der Waals surface area contributed by atoms with E-state index in [0.717, 1.165) is 18.4 Å². The summed E-state index contributed by atoms with van der Waals surface area (Å²) < 4.78 is 12.8. The van der Waals surface area contributed by atoms with Gasteiger partial charge in [-0.15, -0.1) is 0 Å². The Morgan fingerprint density at radius 3 is 2.47 bits per heavy atom. The zero-order valence-corrected chi connectivity index (χ0v) is 8.24. The molecular weight excluding hydrogens is 193 g/mol. The largest absolute Gasteiger partial charge is 0.352 e. The second-order valence-corrected chi connectivity index (χ2v) is 4.44. The monoisotopic (exact) mass is 205 g/mol. The Hall–Kier alpha value is -1.38. The minimum Gasteiger partial charge on any atom is -0.352 e. The van der Waals surface area contributed by atoms with Gasteiger partial charge in [0.25, 0.3) is 0 Å². The van der Waals surface area contributed by atoms with Crippen molar-refractivity contribution in [3.05, 3.63) is 35.6 Å². The molecule has 3 heteroatoms. The van der Waals surface area contributed by atoms with Crippen molar-refractivity contribution in [3.63, 3.8) is 0 Å². The summed E-state index contributed by atoms with van der Waals surface area (Å²) in [5.41, 5.74) is 1.14. The van der Waals surface area contributed by atoms with Gasteiger partial charge < -0.3 is 5.32 Å². The number of piperidine rings is 1. The Morgan fingerprint density at radius 2 is 1.93 bits per heavy atom. The Labute approximate surface area is 87.5 Å². The summed E-state index contributed by atoms with van der Waals surface area (Å²) in [6.07, 6.45) is 1.86. The molecule has 0 unspecified atom stereocenters. The maximum absolute atomic E-state index is 12.8. The van der Waals surface area contributed by atoms with E-state index in [4.69, 9.17) is 0 Å². The summed E-state index contributed by atoms with van der Waals surface area (Å²) in [4.78, 5) is 11.3. The topological polar surface area (TPSA) is 29.1 Å². The number of benzene rings is 1. The summed E-state index contributed by atoms with van der Waals surface area (Å²) in [6, 6.07) is 6.90. The van der Waals surface area contributed by atoms with E-state index in [1.807, 2.05) is 12.1 Å². The fraction of sp³-hybridized carbons (Fsp3) is 0.417. The van der Waals surface area contributed by atoms with Crippen molar-refractivity contribution >= 4 is 5.91 Å². The van der Waals surface area contributed by atoms with Crippen molar-refractivity contribution < 1.29 is 9.18 Å². The van der Waals surface area contributed by atoms with Crippen LogP contribution in [0.1, 0.15) is 24.3 Å². The van der Waals surface area contributed by atoms with E-state index in [1.165, 1.54) is 12.1 Å². The van der Waals surface area contributed by atoms with Crippen LogP contribution in [-0.2, 0) is 4.79 Å². The lowest BCUT2D eigenvalue weighted by Crippen LogP contribution is -2.35. The number of carbonyl (C=O) groups is 1. The molecule has 2 aliphatic rings. The van der Waals surface area contributed by atoms with E-state index in [1.54, 1.807) is 0 Å². The zero-order chi connectivity index (χ0) is 10.4. The van der Waals surface area contributed by atoms with E-state index in [9.17, 15) is 9.18 Å². The van der Waals surface area contributed by atoms with Crippen molar-refractivity contribution in [1.82, 2.24) is 5.32 Å². The molecule has 0 aromatic heterocycles. The van der Waals surface area contributed by atoms with E-state index >= 15 is 0 Å². The van der Waals surface area contributed by atoms with Crippen LogP contribution in [-0.4, -0.2) is 11.9 Å². The average molecular weight is 205 g/mol. The first-order valence-corrected chi connectivity index (χ1v) is 5.30. The molecule has 0 spiro atoms. The van der Waals surface area contributed by atoms with Crippen LogP contribution in [0.5, 0.6) is 0 Å². The van der Waals surface area contributed by atoms with Crippen LogP contribution in [0.25, 0.3) is 0 Å². The van der Waals surface area contributed by atoms with Crippen molar-refractivity contribution in [3.8, 4) is 0 Å². The highest BCUT2D eigenvalue weighted by Crippen LogP contribution is 2.42. The Morgan fingerprint density at radius 1 is 1.20 bits per heavy atom. The molecule has 0 radical (unpaired) electrons. The van der Waals surface area contributed by atoms with Gasteiger partial charge in [-0.1, -0.05) is 12.1 Å². The van der Waals surface area contributed by atoms with Crippen LogP contribution in [0.15, 0.2) is 24.3 Å². The van der Waals surface area contributed by atoms with Gasteiger partial charge in [-0.3, -0.25) is 4.79 Å². The van der Waals surface area contributed by atoms with Gasteiger partial charge in [0.05, 0.1) is 0 Å². The predicted molar refractivity (Wildman–Crippen MR) is 53.8 cm³/mol. The lowest BCUT2D eigenvalue weighted by Gasteiger charge is -2.22. The molecule has 3 rings (SSSR count). The Bertz CT molecular complexity index is 401. The highest BCUT2D eigenvalue weighted by atomic mass is 19.1. The molecule has 1 heterocycles. The molecule has 15 heavy (non-hydrogen) atoms. The van der Waals surface area contributed by atoms with Crippen LogP contribution in [0.3, 0.4) is 0 Å². The van der Waals surface area contributed by atoms with Crippen molar-refractivity contribution in [2.24, 2.45) is 5.92 Å².